The summed E-state index contributed by atoms with van der Waals surface area (Å²) in [5.74, 6) is 0.347. The maximum Gasteiger partial charge on any atom is 0.256 e. The third-order valence-corrected chi connectivity index (χ3v) is 6.60. The molecule has 1 aliphatic heterocycles. The highest BCUT2D eigenvalue weighted by Crippen LogP contribution is 2.42. The van der Waals surface area contributed by atoms with Gasteiger partial charge in [0.25, 0.3) is 5.91 Å². The first-order valence-electron chi connectivity index (χ1n) is 9.19. The van der Waals surface area contributed by atoms with E-state index in [9.17, 15) is 9.59 Å². The molecule has 1 saturated heterocycles. The van der Waals surface area contributed by atoms with Gasteiger partial charge in [0.2, 0.25) is 5.91 Å². The zero-order valence-electron chi connectivity index (χ0n) is 15.8. The van der Waals surface area contributed by atoms with Crippen LogP contribution in [0.15, 0.2) is 77.3 Å². The van der Waals surface area contributed by atoms with E-state index in [1.54, 1.807) is 17.8 Å². The van der Waals surface area contributed by atoms with Gasteiger partial charge in [-0.2, -0.15) is 0 Å². The minimum atomic E-state index is -0.180. The summed E-state index contributed by atoms with van der Waals surface area (Å²) in [4.78, 5) is 27.1. The van der Waals surface area contributed by atoms with E-state index in [2.05, 4.69) is 21.2 Å². The number of hydrogen-bond acceptors (Lipinski definition) is 3. The first-order chi connectivity index (χ1) is 14.0. The van der Waals surface area contributed by atoms with Crippen LogP contribution >= 0.6 is 27.7 Å². The number of carbonyl (C=O) groups is 2. The quantitative estimate of drug-likeness (QED) is 0.529. The van der Waals surface area contributed by atoms with Gasteiger partial charge in [-0.15, -0.1) is 11.8 Å². The fourth-order valence-electron chi connectivity index (χ4n) is 3.34. The van der Waals surface area contributed by atoms with Crippen LogP contribution in [0.3, 0.4) is 0 Å². The van der Waals surface area contributed by atoms with Crippen LogP contribution in [-0.2, 0) is 4.79 Å². The monoisotopic (exact) mass is 466 g/mol. The molecular formula is C23H19BrN2O2S. The van der Waals surface area contributed by atoms with Gasteiger partial charge in [0, 0.05) is 15.8 Å². The molecule has 0 unspecified atom stereocenters. The highest BCUT2D eigenvalue weighted by atomic mass is 79.9. The molecule has 3 aromatic carbocycles. The maximum atomic E-state index is 12.6. The van der Waals surface area contributed by atoms with Crippen LogP contribution in [0, 0.1) is 6.92 Å². The normalized spacial score (nSPS) is 16.1. The minimum Gasteiger partial charge on any atom is -0.322 e. The largest absolute Gasteiger partial charge is 0.322 e. The van der Waals surface area contributed by atoms with Crippen molar-refractivity contribution in [1.82, 2.24) is 0 Å². The highest BCUT2D eigenvalue weighted by Gasteiger charge is 2.34. The highest BCUT2D eigenvalue weighted by molar-refractivity contribution is 9.10. The van der Waals surface area contributed by atoms with Gasteiger partial charge in [0.05, 0.1) is 11.3 Å². The summed E-state index contributed by atoms with van der Waals surface area (Å²) in [6, 6.07) is 23.0. The molecule has 1 fully saturated rings. The maximum absolute atomic E-state index is 12.6. The summed E-state index contributed by atoms with van der Waals surface area (Å²) in [6.45, 7) is 2.02. The predicted molar refractivity (Wildman–Crippen MR) is 122 cm³/mol. The standard InChI is InChI=1S/C23H19BrN2O2S/c1-15-6-4-9-18(12-15)26-21(27)14-29-23(26)16-7-5-8-17(13-16)25-22(28)19-10-2-3-11-20(19)24/h2-13,23H,14H2,1H3,(H,25,28)/t23-/m1/s1. The van der Waals surface area contributed by atoms with Gasteiger partial charge in [-0.1, -0.05) is 36.4 Å². The van der Waals surface area contributed by atoms with Crippen molar-refractivity contribution in [2.24, 2.45) is 0 Å². The third kappa shape index (κ3) is 4.23. The summed E-state index contributed by atoms with van der Waals surface area (Å²) >= 11 is 5.01. The molecule has 1 aliphatic rings. The molecule has 0 saturated carbocycles. The first-order valence-corrected chi connectivity index (χ1v) is 11.0. The lowest BCUT2D eigenvalue weighted by molar-refractivity contribution is -0.115. The van der Waals surface area contributed by atoms with Crippen LogP contribution < -0.4 is 10.2 Å². The lowest BCUT2D eigenvalue weighted by Crippen LogP contribution is -2.27. The van der Waals surface area contributed by atoms with Gasteiger partial charge < -0.3 is 5.32 Å². The van der Waals surface area contributed by atoms with E-state index in [1.165, 1.54) is 0 Å². The van der Waals surface area contributed by atoms with Crippen LogP contribution in [0.25, 0.3) is 0 Å². The Balaban J connectivity index is 1.60. The average Bonchev–Trinajstić information content (AvgIpc) is 3.10. The van der Waals surface area contributed by atoms with E-state index in [-0.39, 0.29) is 17.2 Å². The van der Waals surface area contributed by atoms with Crippen LogP contribution in [0.1, 0.15) is 26.9 Å². The summed E-state index contributed by atoms with van der Waals surface area (Å²) in [5, 5.41) is 2.84. The second-order valence-electron chi connectivity index (χ2n) is 6.83. The first kappa shape index (κ1) is 19.7. The molecule has 4 rings (SSSR count). The Labute approximate surface area is 182 Å². The van der Waals surface area contributed by atoms with E-state index in [4.69, 9.17) is 0 Å². The molecule has 3 aromatic rings. The molecule has 1 N–H and O–H groups in total. The van der Waals surface area contributed by atoms with Gasteiger partial charge in [-0.3, -0.25) is 14.5 Å². The van der Waals surface area contributed by atoms with Gasteiger partial charge in [0.15, 0.2) is 0 Å². The summed E-state index contributed by atoms with van der Waals surface area (Å²) in [7, 11) is 0. The average molecular weight is 467 g/mol. The van der Waals surface area contributed by atoms with Crippen molar-refractivity contribution in [3.05, 3.63) is 94.0 Å². The number of amides is 2. The molecule has 146 valence electrons. The van der Waals surface area contributed by atoms with Gasteiger partial charge in [-0.25, -0.2) is 0 Å². The minimum absolute atomic E-state index is 0.0910. The van der Waals surface area contributed by atoms with Crippen molar-refractivity contribution >= 4 is 50.9 Å². The SMILES string of the molecule is Cc1cccc(N2C(=O)CS[C@@H]2c2cccc(NC(=O)c3ccccc3Br)c2)c1. The molecule has 0 spiro atoms. The number of benzene rings is 3. The van der Waals surface area contributed by atoms with Crippen LogP contribution in [0.4, 0.5) is 11.4 Å². The second kappa shape index (κ2) is 8.43. The molecule has 2 amide bonds. The number of thioether (sulfide) groups is 1. The van der Waals surface area contributed by atoms with E-state index in [0.717, 1.165) is 21.3 Å². The second-order valence-corrected chi connectivity index (χ2v) is 8.75. The third-order valence-electron chi connectivity index (χ3n) is 4.70. The van der Waals surface area contributed by atoms with Gasteiger partial charge in [-0.05, 0) is 70.4 Å². The molecule has 4 nitrogen and oxygen atoms in total. The fraction of sp³-hybridized carbons (Fsp3) is 0.130. The Bertz CT molecular complexity index is 1090. The van der Waals surface area contributed by atoms with E-state index < -0.39 is 0 Å². The summed E-state index contributed by atoms with van der Waals surface area (Å²) in [5.41, 5.74) is 4.26. The number of nitrogens with one attached hydrogen (secondary N) is 1. The van der Waals surface area contributed by atoms with Crippen molar-refractivity contribution in [2.45, 2.75) is 12.3 Å². The molecule has 1 heterocycles. The Morgan fingerprint density at radius 1 is 1.07 bits per heavy atom. The van der Waals surface area contributed by atoms with Crippen LogP contribution in [-0.4, -0.2) is 17.6 Å². The molecule has 0 radical (unpaired) electrons. The Morgan fingerprint density at radius 3 is 2.66 bits per heavy atom. The number of nitrogens with zero attached hydrogens (tertiary/aromatic N) is 1. The number of rotatable bonds is 4. The molecule has 0 bridgehead atoms. The van der Waals surface area contributed by atoms with Crippen molar-refractivity contribution < 1.29 is 9.59 Å². The zero-order valence-corrected chi connectivity index (χ0v) is 18.2. The fourth-order valence-corrected chi connectivity index (χ4v) is 4.97. The van der Waals surface area contributed by atoms with E-state index in [0.29, 0.717) is 17.0 Å². The van der Waals surface area contributed by atoms with Crippen LogP contribution in [0.2, 0.25) is 0 Å². The molecule has 6 heteroatoms. The number of anilines is 2. The van der Waals surface area contributed by atoms with Crippen LogP contribution in [0.5, 0.6) is 0 Å². The topological polar surface area (TPSA) is 49.4 Å². The summed E-state index contributed by atoms with van der Waals surface area (Å²) in [6.07, 6.45) is 0. The van der Waals surface area contributed by atoms with Crippen molar-refractivity contribution in [1.29, 1.82) is 0 Å². The summed E-state index contributed by atoms with van der Waals surface area (Å²) < 4.78 is 0.747. The smallest absolute Gasteiger partial charge is 0.256 e. The zero-order chi connectivity index (χ0) is 20.4. The predicted octanol–water partition coefficient (Wildman–Crippen LogP) is 5.79. The van der Waals surface area contributed by atoms with Crippen molar-refractivity contribution in [3.63, 3.8) is 0 Å². The molecule has 29 heavy (non-hydrogen) atoms. The van der Waals surface area contributed by atoms with Crippen molar-refractivity contribution in [2.75, 3.05) is 16.0 Å². The Morgan fingerprint density at radius 2 is 1.86 bits per heavy atom. The molecule has 0 aromatic heterocycles. The van der Waals surface area contributed by atoms with Crippen molar-refractivity contribution in [3.8, 4) is 0 Å². The molecule has 0 aliphatic carbocycles. The van der Waals surface area contributed by atoms with E-state index in [1.807, 2.05) is 78.6 Å². The number of aryl methyl sites for hydroxylation is 1. The number of carbonyl (C=O) groups excluding carboxylic acids is 2. The van der Waals surface area contributed by atoms with Gasteiger partial charge in [0.1, 0.15) is 5.37 Å². The lowest BCUT2D eigenvalue weighted by Gasteiger charge is -2.25. The lowest BCUT2D eigenvalue weighted by atomic mass is 10.1. The number of halogens is 1. The molecule has 1 atom stereocenters. The molecular weight excluding hydrogens is 448 g/mol. The Hall–Kier alpha value is -2.57. The van der Waals surface area contributed by atoms with E-state index >= 15 is 0 Å². The number of hydrogen-bond donors (Lipinski definition) is 1. The van der Waals surface area contributed by atoms with Gasteiger partial charge >= 0.3 is 0 Å². The Kier molecular flexibility index (Phi) is 5.74.